The minimum absolute atomic E-state index is 0.301. The number of pyridine rings is 1. The van der Waals surface area contributed by atoms with E-state index in [0.717, 1.165) is 8.45 Å². The minimum atomic E-state index is -3.50. The number of rotatable bonds is 3. The number of thiophene rings is 1. The fourth-order valence-electron chi connectivity index (χ4n) is 1.18. The molecule has 0 aliphatic heterocycles. The van der Waals surface area contributed by atoms with Crippen molar-refractivity contribution in [1.82, 2.24) is 4.98 Å². The van der Waals surface area contributed by atoms with E-state index in [1.165, 1.54) is 11.3 Å². The van der Waals surface area contributed by atoms with Gasteiger partial charge in [-0.25, -0.2) is 13.4 Å². The summed E-state index contributed by atoms with van der Waals surface area (Å²) in [7, 11) is -3.50. The van der Waals surface area contributed by atoms with Crippen LogP contribution in [0.1, 0.15) is 4.88 Å². The van der Waals surface area contributed by atoms with Gasteiger partial charge in [0.05, 0.1) is 0 Å². The zero-order valence-electron chi connectivity index (χ0n) is 8.84. The maximum absolute atomic E-state index is 12.0. The van der Waals surface area contributed by atoms with Crippen LogP contribution in [0.5, 0.6) is 0 Å². The largest absolute Gasteiger partial charge is 0.272 e. The fourth-order valence-corrected chi connectivity index (χ4v) is 3.79. The Labute approximate surface area is 117 Å². The molecule has 0 spiro atoms. The molecule has 90 valence electrons. The first-order chi connectivity index (χ1) is 7.97. The van der Waals surface area contributed by atoms with Crippen molar-refractivity contribution in [2.45, 2.75) is 11.1 Å². The smallest absolute Gasteiger partial charge is 0.263 e. The molecule has 7 heteroatoms. The summed E-state index contributed by atoms with van der Waals surface area (Å²) in [6.07, 6.45) is 1.61. The lowest BCUT2D eigenvalue weighted by atomic mass is 10.5. The van der Waals surface area contributed by atoms with Crippen LogP contribution >= 0.6 is 33.9 Å². The molecule has 0 saturated heterocycles. The third-order valence-corrected chi connectivity index (χ3v) is 5.43. The zero-order chi connectivity index (χ0) is 12.5. The van der Waals surface area contributed by atoms with Gasteiger partial charge in [0.25, 0.3) is 10.0 Å². The second kappa shape index (κ2) is 4.91. The molecule has 1 N–H and O–H groups in total. The topological polar surface area (TPSA) is 59.1 Å². The Bertz CT molecular complexity index is 620. The van der Waals surface area contributed by atoms with Crippen molar-refractivity contribution in [3.8, 4) is 0 Å². The van der Waals surface area contributed by atoms with E-state index < -0.39 is 10.0 Å². The number of halogens is 1. The van der Waals surface area contributed by atoms with Crippen LogP contribution < -0.4 is 4.72 Å². The van der Waals surface area contributed by atoms with Gasteiger partial charge in [-0.2, -0.15) is 0 Å². The van der Waals surface area contributed by atoms with E-state index in [1.807, 2.05) is 6.92 Å². The average Bonchev–Trinajstić information content (AvgIpc) is 2.69. The highest BCUT2D eigenvalue weighted by Crippen LogP contribution is 2.22. The Balaban J connectivity index is 2.26. The summed E-state index contributed by atoms with van der Waals surface area (Å²) < 4.78 is 27.6. The van der Waals surface area contributed by atoms with Crippen molar-refractivity contribution in [1.29, 1.82) is 0 Å². The Morgan fingerprint density at radius 3 is 2.59 bits per heavy atom. The van der Waals surface area contributed by atoms with Gasteiger partial charge in [0.2, 0.25) is 0 Å². The molecule has 2 heterocycles. The van der Waals surface area contributed by atoms with Crippen molar-refractivity contribution < 1.29 is 8.42 Å². The number of aryl methyl sites for hydroxylation is 1. The Morgan fingerprint density at radius 1 is 1.29 bits per heavy atom. The molecule has 0 fully saturated rings. The molecule has 0 aliphatic carbocycles. The molecule has 0 bridgehead atoms. The normalized spacial score (nSPS) is 11.4. The van der Waals surface area contributed by atoms with Crippen LogP contribution in [0.15, 0.2) is 34.7 Å². The molecule has 4 nitrogen and oxygen atoms in total. The van der Waals surface area contributed by atoms with Gasteiger partial charge in [-0.05, 0) is 53.8 Å². The third kappa shape index (κ3) is 3.17. The molecule has 2 aromatic heterocycles. The summed E-state index contributed by atoms with van der Waals surface area (Å²) in [5.41, 5.74) is 0. The molecule has 0 aromatic carbocycles. The van der Waals surface area contributed by atoms with Crippen molar-refractivity contribution in [3.05, 3.63) is 38.9 Å². The standard InChI is InChI=1S/C10H9IN2O2S2/c1-7-2-5-10(16-7)17(14,15)13-9-4-3-8(11)6-12-9/h2-6H,1H3,(H,12,13). The summed E-state index contributed by atoms with van der Waals surface area (Å²) in [5, 5.41) is 0. The molecule has 0 amide bonds. The second-order valence-corrected chi connectivity index (χ2v) is 7.78. The Morgan fingerprint density at radius 2 is 2.06 bits per heavy atom. The van der Waals surface area contributed by atoms with Crippen molar-refractivity contribution in [2.24, 2.45) is 0 Å². The fraction of sp³-hybridized carbons (Fsp3) is 0.100. The quantitative estimate of drug-likeness (QED) is 0.834. The van der Waals surface area contributed by atoms with Gasteiger partial charge in [-0.3, -0.25) is 4.72 Å². The van der Waals surface area contributed by atoms with Crippen molar-refractivity contribution in [3.63, 3.8) is 0 Å². The van der Waals surface area contributed by atoms with Gasteiger partial charge < -0.3 is 0 Å². The summed E-state index contributed by atoms with van der Waals surface area (Å²) in [4.78, 5) is 4.96. The predicted octanol–water partition coefficient (Wildman–Crippen LogP) is 2.86. The second-order valence-electron chi connectivity index (χ2n) is 3.33. The number of nitrogens with zero attached hydrogens (tertiary/aromatic N) is 1. The van der Waals surface area contributed by atoms with Crippen molar-refractivity contribution >= 4 is 49.8 Å². The first kappa shape index (κ1) is 12.8. The van der Waals surface area contributed by atoms with E-state index in [0.29, 0.717) is 10.0 Å². The molecule has 0 saturated carbocycles. The van der Waals surface area contributed by atoms with E-state index in [2.05, 4.69) is 32.3 Å². The van der Waals surface area contributed by atoms with Crippen LogP contribution in [-0.2, 0) is 10.0 Å². The lowest BCUT2D eigenvalue weighted by Crippen LogP contribution is -2.12. The summed E-state index contributed by atoms with van der Waals surface area (Å²) in [5.74, 6) is 0.330. The number of aromatic nitrogens is 1. The Hall–Kier alpha value is -0.670. The Kier molecular flexibility index (Phi) is 3.69. The predicted molar refractivity (Wildman–Crippen MR) is 76.8 cm³/mol. The van der Waals surface area contributed by atoms with E-state index in [4.69, 9.17) is 0 Å². The summed E-state index contributed by atoms with van der Waals surface area (Å²) >= 11 is 3.35. The average molecular weight is 380 g/mol. The van der Waals surface area contributed by atoms with E-state index in [-0.39, 0.29) is 0 Å². The molecular weight excluding hydrogens is 371 g/mol. The van der Waals surface area contributed by atoms with E-state index in [9.17, 15) is 8.42 Å². The highest BCUT2D eigenvalue weighted by atomic mass is 127. The van der Waals surface area contributed by atoms with Crippen LogP contribution in [0.25, 0.3) is 0 Å². The van der Waals surface area contributed by atoms with Crippen LogP contribution in [0, 0.1) is 10.5 Å². The number of hydrogen-bond donors (Lipinski definition) is 1. The van der Waals surface area contributed by atoms with E-state index in [1.54, 1.807) is 30.5 Å². The van der Waals surface area contributed by atoms with Gasteiger partial charge in [-0.15, -0.1) is 11.3 Å². The maximum atomic E-state index is 12.0. The lowest BCUT2D eigenvalue weighted by molar-refractivity contribution is 0.603. The van der Waals surface area contributed by atoms with Gasteiger partial charge in [0, 0.05) is 14.6 Å². The molecule has 2 aromatic rings. The van der Waals surface area contributed by atoms with Crippen LogP contribution in [0.2, 0.25) is 0 Å². The molecule has 0 radical (unpaired) electrons. The van der Waals surface area contributed by atoms with Gasteiger partial charge in [0.15, 0.2) is 0 Å². The SMILES string of the molecule is Cc1ccc(S(=O)(=O)Nc2ccc(I)cn2)s1. The van der Waals surface area contributed by atoms with Crippen LogP contribution in [-0.4, -0.2) is 13.4 Å². The first-order valence-electron chi connectivity index (χ1n) is 4.68. The van der Waals surface area contributed by atoms with Crippen LogP contribution in [0.3, 0.4) is 0 Å². The number of sulfonamides is 1. The molecule has 0 aliphatic rings. The highest BCUT2D eigenvalue weighted by molar-refractivity contribution is 14.1. The van der Waals surface area contributed by atoms with Gasteiger partial charge in [-0.1, -0.05) is 0 Å². The number of hydrogen-bond acceptors (Lipinski definition) is 4. The van der Waals surface area contributed by atoms with Crippen LogP contribution in [0.4, 0.5) is 5.82 Å². The minimum Gasteiger partial charge on any atom is -0.263 e. The summed E-state index contributed by atoms with van der Waals surface area (Å²) in [6, 6.07) is 6.81. The molecular formula is C10H9IN2O2S2. The van der Waals surface area contributed by atoms with Gasteiger partial charge >= 0.3 is 0 Å². The molecule has 17 heavy (non-hydrogen) atoms. The maximum Gasteiger partial charge on any atom is 0.272 e. The number of anilines is 1. The lowest BCUT2D eigenvalue weighted by Gasteiger charge is -2.04. The molecule has 2 rings (SSSR count). The third-order valence-electron chi connectivity index (χ3n) is 1.95. The monoisotopic (exact) mass is 380 g/mol. The zero-order valence-corrected chi connectivity index (χ0v) is 12.6. The van der Waals surface area contributed by atoms with Crippen molar-refractivity contribution in [2.75, 3.05) is 4.72 Å². The number of nitrogens with one attached hydrogen (secondary N) is 1. The first-order valence-corrected chi connectivity index (χ1v) is 8.06. The summed E-state index contributed by atoms with van der Waals surface area (Å²) in [6.45, 7) is 1.87. The molecule has 0 unspecified atom stereocenters. The highest BCUT2D eigenvalue weighted by Gasteiger charge is 2.16. The van der Waals surface area contributed by atoms with E-state index >= 15 is 0 Å². The van der Waals surface area contributed by atoms with Gasteiger partial charge in [0.1, 0.15) is 10.0 Å². The molecule has 0 atom stereocenters.